The molecule has 0 amide bonds. The molecule has 0 aliphatic heterocycles. The zero-order valence-electron chi connectivity index (χ0n) is 7.90. The van der Waals surface area contributed by atoms with Gasteiger partial charge in [-0.15, -0.1) is 0 Å². The van der Waals surface area contributed by atoms with Crippen molar-refractivity contribution in [2.75, 3.05) is 11.1 Å². The Morgan fingerprint density at radius 1 is 1.53 bits per heavy atom. The number of rotatable bonds is 4. The fourth-order valence-corrected chi connectivity index (χ4v) is 1.89. The van der Waals surface area contributed by atoms with Crippen molar-refractivity contribution in [3.8, 4) is 0 Å². The first-order valence-electron chi connectivity index (χ1n) is 4.39. The monoisotopic (exact) mass is 294 g/mol. The highest BCUT2D eigenvalue weighted by Gasteiger charge is 2.20. The molecule has 0 bridgehead atoms. The van der Waals surface area contributed by atoms with E-state index in [1.165, 1.54) is 12.3 Å². The number of anilines is 1. The van der Waals surface area contributed by atoms with Gasteiger partial charge in [0.05, 0.1) is 11.1 Å². The van der Waals surface area contributed by atoms with E-state index >= 15 is 0 Å². The van der Waals surface area contributed by atoms with Gasteiger partial charge in [0.1, 0.15) is 11.9 Å². The zero-order chi connectivity index (χ0) is 11.4. The van der Waals surface area contributed by atoms with E-state index in [4.69, 9.17) is 17.3 Å². The predicted octanol–water partition coefficient (Wildman–Crippen LogP) is 1.50. The Morgan fingerprint density at radius 3 is 2.73 bits per heavy atom. The minimum absolute atomic E-state index is 0.283. The van der Waals surface area contributed by atoms with E-state index < -0.39 is 12.2 Å². The average Bonchev–Trinajstić information content (AvgIpc) is 2.17. The quantitative estimate of drug-likeness (QED) is 0.736. The molecule has 0 saturated heterocycles. The molecule has 84 valence electrons. The number of halogens is 2. The molecule has 0 aliphatic rings. The molecule has 2 unspecified atom stereocenters. The molecule has 4 N–H and O–H groups in total. The first-order valence-corrected chi connectivity index (χ1v) is 5.89. The third-order valence-corrected chi connectivity index (χ3v) is 2.78. The molecule has 1 aromatic rings. The molecule has 0 aromatic carbocycles. The Kier molecular flexibility index (Phi) is 4.79. The van der Waals surface area contributed by atoms with E-state index in [0.717, 1.165) is 0 Å². The number of pyridine rings is 1. The largest absolute Gasteiger partial charge is 0.390 e. The van der Waals surface area contributed by atoms with Crippen molar-refractivity contribution < 1.29 is 10.2 Å². The second kappa shape index (κ2) is 5.65. The molecule has 6 heteroatoms. The average molecular weight is 296 g/mol. The molecular formula is C9H12BrClN2O2. The van der Waals surface area contributed by atoms with Crippen molar-refractivity contribution in [3.05, 3.63) is 22.8 Å². The summed E-state index contributed by atoms with van der Waals surface area (Å²) in [6, 6.07) is 1.45. The Hall–Kier alpha value is -0.360. The van der Waals surface area contributed by atoms with Crippen LogP contribution in [-0.2, 0) is 0 Å². The molecule has 1 heterocycles. The molecule has 0 aliphatic carbocycles. The van der Waals surface area contributed by atoms with Crippen LogP contribution >= 0.6 is 27.5 Å². The highest BCUT2D eigenvalue weighted by Crippen LogP contribution is 2.27. The molecule has 0 radical (unpaired) electrons. The Labute approximate surface area is 101 Å². The molecule has 15 heavy (non-hydrogen) atoms. The Bertz CT molecular complexity index is 338. The van der Waals surface area contributed by atoms with E-state index in [1.54, 1.807) is 0 Å². The molecule has 4 nitrogen and oxygen atoms in total. The van der Waals surface area contributed by atoms with Crippen molar-refractivity contribution in [2.45, 2.75) is 18.6 Å². The van der Waals surface area contributed by atoms with Crippen LogP contribution in [0.2, 0.25) is 5.02 Å². The van der Waals surface area contributed by atoms with E-state index in [1.807, 2.05) is 0 Å². The second-order valence-electron chi connectivity index (χ2n) is 3.12. The van der Waals surface area contributed by atoms with Gasteiger partial charge >= 0.3 is 0 Å². The van der Waals surface area contributed by atoms with Gasteiger partial charge in [-0.2, -0.15) is 0 Å². The second-order valence-corrected chi connectivity index (χ2v) is 4.32. The highest BCUT2D eigenvalue weighted by molar-refractivity contribution is 9.09. The van der Waals surface area contributed by atoms with Crippen LogP contribution in [-0.4, -0.2) is 26.6 Å². The van der Waals surface area contributed by atoms with E-state index in [0.29, 0.717) is 22.3 Å². The molecule has 0 spiro atoms. The number of aliphatic hydroxyl groups excluding tert-OH is 2. The van der Waals surface area contributed by atoms with Gasteiger partial charge in [0.2, 0.25) is 0 Å². The van der Waals surface area contributed by atoms with Gasteiger partial charge in [0.25, 0.3) is 0 Å². The molecule has 2 atom stereocenters. The summed E-state index contributed by atoms with van der Waals surface area (Å²) in [5.74, 6) is 0.283. The number of aliphatic hydroxyl groups is 2. The summed E-state index contributed by atoms with van der Waals surface area (Å²) in [5, 5.41) is 20.2. The van der Waals surface area contributed by atoms with Gasteiger partial charge in [-0.05, 0) is 12.5 Å². The lowest BCUT2D eigenvalue weighted by molar-refractivity contribution is 0.0172. The summed E-state index contributed by atoms with van der Waals surface area (Å²) < 4.78 is 0. The third-order valence-electron chi connectivity index (χ3n) is 1.99. The SMILES string of the molecule is Nc1cc(Cl)c(C(O)C(O)CCBr)cn1. The van der Waals surface area contributed by atoms with Crippen LogP contribution in [0.1, 0.15) is 18.1 Å². The Balaban J connectivity index is 2.86. The van der Waals surface area contributed by atoms with E-state index in [9.17, 15) is 10.2 Å². The van der Waals surface area contributed by atoms with Crippen LogP contribution in [0.3, 0.4) is 0 Å². The third kappa shape index (κ3) is 3.31. The number of nitrogens with two attached hydrogens (primary N) is 1. The summed E-state index contributed by atoms with van der Waals surface area (Å²) in [5.41, 5.74) is 5.80. The minimum atomic E-state index is -1.04. The van der Waals surface area contributed by atoms with Crippen molar-refractivity contribution in [1.29, 1.82) is 0 Å². The molecule has 0 saturated carbocycles. The van der Waals surface area contributed by atoms with Gasteiger partial charge < -0.3 is 15.9 Å². The van der Waals surface area contributed by atoms with E-state index in [-0.39, 0.29) is 5.82 Å². The van der Waals surface area contributed by atoms with Crippen LogP contribution in [0, 0.1) is 0 Å². The van der Waals surface area contributed by atoms with Crippen LogP contribution in [0.4, 0.5) is 5.82 Å². The zero-order valence-corrected chi connectivity index (χ0v) is 10.2. The summed E-state index contributed by atoms with van der Waals surface area (Å²) in [4.78, 5) is 3.81. The standard InChI is InChI=1S/C9H12BrClN2O2/c10-2-1-7(14)9(15)5-4-13-8(12)3-6(5)11/h3-4,7,9,14-15H,1-2H2,(H2,12,13). The number of hydrogen-bond acceptors (Lipinski definition) is 4. The van der Waals surface area contributed by atoms with Crippen molar-refractivity contribution in [1.82, 2.24) is 4.98 Å². The maximum absolute atomic E-state index is 9.76. The summed E-state index contributed by atoms with van der Waals surface area (Å²) in [6.45, 7) is 0. The van der Waals surface area contributed by atoms with Gasteiger partial charge in [0, 0.05) is 17.1 Å². The normalized spacial score (nSPS) is 14.9. The van der Waals surface area contributed by atoms with E-state index in [2.05, 4.69) is 20.9 Å². The van der Waals surface area contributed by atoms with Gasteiger partial charge in [-0.3, -0.25) is 0 Å². The summed E-state index contributed by atoms with van der Waals surface area (Å²) in [7, 11) is 0. The predicted molar refractivity (Wildman–Crippen MR) is 63.0 cm³/mol. The van der Waals surface area contributed by atoms with Gasteiger partial charge in [-0.25, -0.2) is 4.98 Å². The van der Waals surface area contributed by atoms with Crippen molar-refractivity contribution >= 4 is 33.3 Å². The molecule has 1 aromatic heterocycles. The first kappa shape index (κ1) is 12.7. The highest BCUT2D eigenvalue weighted by atomic mass is 79.9. The maximum atomic E-state index is 9.76. The van der Waals surface area contributed by atoms with Crippen molar-refractivity contribution in [3.63, 3.8) is 0 Å². The van der Waals surface area contributed by atoms with Gasteiger partial charge in [0.15, 0.2) is 0 Å². The van der Waals surface area contributed by atoms with Gasteiger partial charge in [-0.1, -0.05) is 27.5 Å². The lowest BCUT2D eigenvalue weighted by atomic mass is 10.0. The number of nitrogen functional groups attached to an aromatic ring is 1. The van der Waals surface area contributed by atoms with Crippen molar-refractivity contribution in [2.24, 2.45) is 0 Å². The fourth-order valence-electron chi connectivity index (χ4n) is 1.15. The number of hydrogen-bond donors (Lipinski definition) is 3. The summed E-state index contributed by atoms with van der Waals surface area (Å²) >= 11 is 9.05. The lowest BCUT2D eigenvalue weighted by Crippen LogP contribution is -2.19. The minimum Gasteiger partial charge on any atom is -0.390 e. The number of alkyl halides is 1. The molecule has 1 rings (SSSR count). The van der Waals surface area contributed by atoms with Crippen LogP contribution < -0.4 is 5.73 Å². The Morgan fingerprint density at radius 2 is 2.20 bits per heavy atom. The molecule has 0 fully saturated rings. The number of nitrogens with zero attached hydrogens (tertiary/aromatic N) is 1. The smallest absolute Gasteiger partial charge is 0.124 e. The topological polar surface area (TPSA) is 79.4 Å². The number of aromatic nitrogens is 1. The fraction of sp³-hybridized carbons (Fsp3) is 0.444. The van der Waals surface area contributed by atoms with Crippen LogP contribution in [0.15, 0.2) is 12.3 Å². The van der Waals surface area contributed by atoms with Crippen LogP contribution in [0.5, 0.6) is 0 Å². The molecular weight excluding hydrogens is 283 g/mol. The first-order chi connectivity index (χ1) is 7.06. The lowest BCUT2D eigenvalue weighted by Gasteiger charge is -2.18. The summed E-state index contributed by atoms with van der Waals surface area (Å²) in [6.07, 6.45) is -0.0998. The maximum Gasteiger partial charge on any atom is 0.124 e. The van der Waals surface area contributed by atoms with Crippen LogP contribution in [0.25, 0.3) is 0 Å².